The average Bonchev–Trinajstić information content (AvgIpc) is 3.17. The van der Waals surface area contributed by atoms with Gasteiger partial charge in [0.05, 0.1) is 4.92 Å². The summed E-state index contributed by atoms with van der Waals surface area (Å²) in [6, 6.07) is 16.5. The first-order valence-corrected chi connectivity index (χ1v) is 9.98. The summed E-state index contributed by atoms with van der Waals surface area (Å²) in [7, 11) is 1.65. The van der Waals surface area contributed by atoms with Gasteiger partial charge in [-0.2, -0.15) is 0 Å². The van der Waals surface area contributed by atoms with E-state index in [9.17, 15) is 15.2 Å². The van der Waals surface area contributed by atoms with Gasteiger partial charge in [-0.05, 0) is 23.6 Å². The lowest BCUT2D eigenvalue weighted by Gasteiger charge is -2.15. The fraction of sp³-hybridized carbons (Fsp3) is 0.250. The van der Waals surface area contributed by atoms with Crippen LogP contribution in [0.4, 0.5) is 11.4 Å². The third-order valence-corrected chi connectivity index (χ3v) is 5.51. The van der Waals surface area contributed by atoms with Gasteiger partial charge in [-0.25, -0.2) is 0 Å². The highest BCUT2D eigenvalue weighted by Crippen LogP contribution is 2.29. The monoisotopic (exact) mass is 541 g/mol. The molecule has 0 bridgehead atoms. The normalized spacial score (nSPS) is 12.1. The minimum absolute atomic E-state index is 0. The van der Waals surface area contributed by atoms with Crippen LogP contribution >= 0.6 is 35.3 Å². The predicted molar refractivity (Wildman–Crippen MR) is 133 cm³/mol. The fourth-order valence-corrected chi connectivity index (χ4v) is 3.89. The van der Waals surface area contributed by atoms with Gasteiger partial charge in [0.2, 0.25) is 0 Å². The van der Waals surface area contributed by atoms with Gasteiger partial charge in [0.25, 0.3) is 5.69 Å². The Hall–Kier alpha value is -2.44. The number of nitrogens with zero attached hydrogens (tertiary/aromatic N) is 2. The second-order valence-electron chi connectivity index (χ2n) is 6.28. The van der Waals surface area contributed by atoms with Crippen molar-refractivity contribution in [2.45, 2.75) is 6.10 Å². The van der Waals surface area contributed by atoms with E-state index in [1.807, 2.05) is 30.3 Å². The Kier molecular flexibility index (Phi) is 9.27. The number of halogens is 1. The molecule has 0 aliphatic heterocycles. The number of para-hydroxylation sites is 2. The number of nitro groups is 1. The number of hydrogen-bond donors (Lipinski definition) is 4. The van der Waals surface area contributed by atoms with Crippen LogP contribution in [-0.4, -0.2) is 42.7 Å². The SMILES string of the molecule is CN=C(NCCNc1ccccc1[N+](=O)[O-])NCC(O)c1cc2ccccc2s1.I. The largest absolute Gasteiger partial charge is 0.386 e. The molecule has 1 unspecified atom stereocenters. The molecule has 1 aromatic heterocycles. The van der Waals surface area contributed by atoms with Crippen molar-refractivity contribution >= 4 is 62.7 Å². The molecule has 10 heteroatoms. The lowest BCUT2D eigenvalue weighted by molar-refractivity contribution is -0.384. The van der Waals surface area contributed by atoms with Crippen molar-refractivity contribution in [3.05, 3.63) is 69.6 Å². The summed E-state index contributed by atoms with van der Waals surface area (Å²) in [5.74, 6) is 0.550. The lowest BCUT2D eigenvalue weighted by atomic mass is 10.2. The van der Waals surface area contributed by atoms with Crippen LogP contribution in [0.5, 0.6) is 0 Å². The number of anilines is 1. The molecule has 8 nitrogen and oxygen atoms in total. The molecule has 0 aliphatic rings. The van der Waals surface area contributed by atoms with Crippen LogP contribution in [0.3, 0.4) is 0 Å². The van der Waals surface area contributed by atoms with E-state index < -0.39 is 11.0 Å². The maximum Gasteiger partial charge on any atom is 0.292 e. The van der Waals surface area contributed by atoms with Crippen LogP contribution in [0.25, 0.3) is 10.1 Å². The number of aliphatic hydroxyl groups excluding tert-OH is 1. The first kappa shape index (κ1) is 23.8. The fourth-order valence-electron chi connectivity index (χ4n) is 2.84. The maximum absolute atomic E-state index is 11.0. The van der Waals surface area contributed by atoms with E-state index in [-0.39, 0.29) is 29.7 Å². The summed E-state index contributed by atoms with van der Waals surface area (Å²) < 4.78 is 1.14. The number of nitro benzene ring substituents is 1. The number of aliphatic imine (C=N–C) groups is 1. The number of guanidine groups is 1. The van der Waals surface area contributed by atoms with Gasteiger partial charge < -0.3 is 21.1 Å². The molecule has 1 heterocycles. The van der Waals surface area contributed by atoms with Crippen molar-refractivity contribution in [2.75, 3.05) is 32.0 Å². The molecule has 0 amide bonds. The topological polar surface area (TPSA) is 112 Å². The molecule has 1 atom stereocenters. The molecule has 3 rings (SSSR count). The van der Waals surface area contributed by atoms with Crippen LogP contribution in [0, 0.1) is 10.1 Å². The zero-order chi connectivity index (χ0) is 20.6. The quantitative estimate of drug-likeness (QED) is 0.0864. The molecule has 0 saturated heterocycles. The van der Waals surface area contributed by atoms with Gasteiger partial charge in [-0.15, -0.1) is 35.3 Å². The molecule has 160 valence electrons. The van der Waals surface area contributed by atoms with Crippen molar-refractivity contribution < 1.29 is 10.0 Å². The highest BCUT2D eigenvalue weighted by molar-refractivity contribution is 14.0. The Labute approximate surface area is 195 Å². The molecule has 0 spiro atoms. The number of hydrogen-bond acceptors (Lipinski definition) is 6. The van der Waals surface area contributed by atoms with Crippen molar-refractivity contribution in [3.8, 4) is 0 Å². The van der Waals surface area contributed by atoms with E-state index >= 15 is 0 Å². The first-order chi connectivity index (χ1) is 14.1. The zero-order valence-electron chi connectivity index (χ0n) is 16.4. The van der Waals surface area contributed by atoms with E-state index in [2.05, 4.69) is 20.9 Å². The number of nitrogens with one attached hydrogen (secondary N) is 3. The third kappa shape index (κ3) is 6.28. The van der Waals surface area contributed by atoms with Crippen LogP contribution in [0.15, 0.2) is 59.6 Å². The molecule has 0 saturated carbocycles. The smallest absolute Gasteiger partial charge is 0.292 e. The molecule has 30 heavy (non-hydrogen) atoms. The first-order valence-electron chi connectivity index (χ1n) is 9.17. The Bertz CT molecular complexity index is 978. The second-order valence-corrected chi connectivity index (χ2v) is 7.40. The molecule has 3 aromatic rings. The van der Waals surface area contributed by atoms with Gasteiger partial charge in [-0.1, -0.05) is 30.3 Å². The molecule has 0 fully saturated rings. The number of thiophene rings is 1. The molecular formula is C20H24IN5O3S. The van der Waals surface area contributed by atoms with Crippen molar-refractivity contribution in [1.29, 1.82) is 0 Å². The van der Waals surface area contributed by atoms with Crippen LogP contribution in [0.2, 0.25) is 0 Å². The van der Waals surface area contributed by atoms with Gasteiger partial charge in [-0.3, -0.25) is 15.1 Å². The van der Waals surface area contributed by atoms with Crippen molar-refractivity contribution in [2.24, 2.45) is 4.99 Å². The van der Waals surface area contributed by atoms with E-state index in [4.69, 9.17) is 0 Å². The van der Waals surface area contributed by atoms with Crippen LogP contribution in [-0.2, 0) is 0 Å². The Balaban J connectivity index is 0.00000320. The van der Waals surface area contributed by atoms with Crippen molar-refractivity contribution in [1.82, 2.24) is 10.6 Å². The predicted octanol–water partition coefficient (Wildman–Crippen LogP) is 3.74. The maximum atomic E-state index is 11.0. The summed E-state index contributed by atoms with van der Waals surface area (Å²) in [6.45, 7) is 1.30. The number of fused-ring (bicyclic) bond motifs is 1. The molecule has 4 N–H and O–H groups in total. The second kappa shape index (κ2) is 11.7. The standard InChI is InChI=1S/C20H23N5O3S.HI/c1-21-20(23-11-10-22-15-7-3-4-8-16(15)25(27)28)24-13-17(26)19-12-14-6-2-5-9-18(14)29-19;/h2-9,12,17,22,26H,10-11,13H2,1H3,(H2,21,23,24);1H. The Morgan fingerprint density at radius 3 is 2.63 bits per heavy atom. The highest BCUT2D eigenvalue weighted by atomic mass is 127. The minimum atomic E-state index is -0.643. The van der Waals surface area contributed by atoms with E-state index in [0.29, 0.717) is 31.3 Å². The third-order valence-electron chi connectivity index (χ3n) is 4.29. The average molecular weight is 541 g/mol. The summed E-state index contributed by atoms with van der Waals surface area (Å²) in [4.78, 5) is 15.7. The summed E-state index contributed by atoms with van der Waals surface area (Å²) in [6.07, 6.45) is -0.643. The van der Waals surface area contributed by atoms with E-state index in [1.165, 1.54) is 6.07 Å². The van der Waals surface area contributed by atoms with Crippen LogP contribution < -0.4 is 16.0 Å². The van der Waals surface area contributed by atoms with Gasteiger partial charge in [0.15, 0.2) is 5.96 Å². The molecule has 0 aliphatic carbocycles. The summed E-state index contributed by atoms with van der Waals surface area (Å²) >= 11 is 1.57. The Morgan fingerprint density at radius 1 is 1.17 bits per heavy atom. The van der Waals surface area contributed by atoms with Gasteiger partial charge >= 0.3 is 0 Å². The summed E-state index contributed by atoms with van der Waals surface area (Å²) in [5.41, 5.74) is 0.517. The summed E-state index contributed by atoms with van der Waals surface area (Å²) in [5, 5.41) is 31.9. The van der Waals surface area contributed by atoms with Gasteiger partial charge in [0, 0.05) is 42.3 Å². The van der Waals surface area contributed by atoms with E-state index in [0.717, 1.165) is 15.0 Å². The highest BCUT2D eigenvalue weighted by Gasteiger charge is 2.13. The molecule has 2 aromatic carbocycles. The van der Waals surface area contributed by atoms with Crippen molar-refractivity contribution in [3.63, 3.8) is 0 Å². The van der Waals surface area contributed by atoms with Gasteiger partial charge in [0.1, 0.15) is 11.8 Å². The lowest BCUT2D eigenvalue weighted by Crippen LogP contribution is -2.41. The number of benzene rings is 2. The van der Waals surface area contributed by atoms with Crippen LogP contribution in [0.1, 0.15) is 11.0 Å². The van der Waals surface area contributed by atoms with E-state index in [1.54, 1.807) is 36.6 Å². The molecular weight excluding hydrogens is 517 g/mol. The Morgan fingerprint density at radius 2 is 1.90 bits per heavy atom. The number of aliphatic hydroxyl groups is 1. The zero-order valence-corrected chi connectivity index (χ0v) is 19.5. The number of rotatable bonds is 8. The molecule has 0 radical (unpaired) electrons. The minimum Gasteiger partial charge on any atom is -0.386 e.